The molecule has 1 nitrogen and oxygen atoms in total. The van der Waals surface area contributed by atoms with E-state index in [0.29, 0.717) is 5.92 Å². The van der Waals surface area contributed by atoms with Crippen LogP contribution >= 0.6 is 43.2 Å². The van der Waals surface area contributed by atoms with Crippen molar-refractivity contribution in [1.29, 1.82) is 0 Å². The predicted molar refractivity (Wildman–Crippen MR) is 66.2 cm³/mol. The number of halogens is 2. The fraction of sp³-hybridized carbons (Fsp3) is 0.556. The van der Waals surface area contributed by atoms with E-state index in [9.17, 15) is 0 Å². The van der Waals surface area contributed by atoms with Crippen LogP contribution in [0.4, 0.5) is 0 Å². The van der Waals surface area contributed by atoms with Crippen molar-refractivity contribution < 1.29 is 0 Å². The number of hydrogen-bond acceptors (Lipinski definition) is 2. The zero-order valence-corrected chi connectivity index (χ0v) is 11.7. The Labute approximate surface area is 100.0 Å². The molecule has 0 aliphatic carbocycles. The second-order valence-electron chi connectivity index (χ2n) is 3.45. The molecule has 0 spiro atoms. The number of hydrogen-bond donors (Lipinski definition) is 1. The lowest BCUT2D eigenvalue weighted by atomic mass is 10.0. The van der Waals surface area contributed by atoms with Gasteiger partial charge in [-0.2, -0.15) is 0 Å². The molecule has 0 bridgehead atoms. The topological polar surface area (TPSA) is 26.0 Å². The van der Waals surface area contributed by atoms with Crippen LogP contribution in [-0.2, 0) is 6.42 Å². The Morgan fingerprint density at radius 2 is 2.08 bits per heavy atom. The summed E-state index contributed by atoms with van der Waals surface area (Å²) in [5, 5.41) is 0. The average molecular weight is 327 g/mol. The zero-order chi connectivity index (χ0) is 10.0. The van der Waals surface area contributed by atoms with Crippen LogP contribution in [0.5, 0.6) is 0 Å². The van der Waals surface area contributed by atoms with Crippen LogP contribution in [0.25, 0.3) is 0 Å². The molecule has 1 atom stereocenters. The second-order valence-corrected chi connectivity index (χ2v) is 6.76. The van der Waals surface area contributed by atoms with Gasteiger partial charge in [-0.15, -0.1) is 11.3 Å². The molecule has 0 aliphatic rings. The quantitative estimate of drug-likeness (QED) is 0.898. The summed E-state index contributed by atoms with van der Waals surface area (Å²) in [7, 11) is 0. The smallest absolute Gasteiger partial charge is 0.0843 e. The molecule has 4 heteroatoms. The van der Waals surface area contributed by atoms with Crippen molar-refractivity contribution in [3.8, 4) is 0 Å². The Morgan fingerprint density at radius 1 is 1.46 bits per heavy atom. The summed E-state index contributed by atoms with van der Waals surface area (Å²) in [6.45, 7) is 4.31. The minimum Gasteiger partial charge on any atom is -0.327 e. The summed E-state index contributed by atoms with van der Waals surface area (Å²) in [5.74, 6) is 0.541. The maximum absolute atomic E-state index is 5.98. The average Bonchev–Trinajstić information content (AvgIpc) is 2.31. The molecule has 13 heavy (non-hydrogen) atoms. The maximum Gasteiger partial charge on any atom is 0.0843 e. The minimum absolute atomic E-state index is 0.262. The lowest BCUT2D eigenvalue weighted by Gasteiger charge is -2.13. The van der Waals surface area contributed by atoms with E-state index < -0.39 is 0 Å². The van der Waals surface area contributed by atoms with Gasteiger partial charge in [-0.3, -0.25) is 0 Å². The van der Waals surface area contributed by atoms with Crippen molar-refractivity contribution in [2.24, 2.45) is 11.7 Å². The van der Waals surface area contributed by atoms with Crippen LogP contribution in [0.1, 0.15) is 18.7 Å². The molecule has 2 N–H and O–H groups in total. The third-order valence-electron chi connectivity index (χ3n) is 1.99. The number of rotatable bonds is 3. The Kier molecular flexibility index (Phi) is 4.42. The number of nitrogens with two attached hydrogens (primary N) is 1. The van der Waals surface area contributed by atoms with Crippen molar-refractivity contribution in [2.75, 3.05) is 0 Å². The van der Waals surface area contributed by atoms with Gasteiger partial charge >= 0.3 is 0 Å². The van der Waals surface area contributed by atoms with Crippen molar-refractivity contribution in [3.63, 3.8) is 0 Å². The van der Waals surface area contributed by atoms with E-state index in [1.807, 2.05) is 0 Å². The van der Waals surface area contributed by atoms with E-state index >= 15 is 0 Å². The second kappa shape index (κ2) is 4.91. The van der Waals surface area contributed by atoms with E-state index in [-0.39, 0.29) is 6.04 Å². The minimum atomic E-state index is 0.262. The Morgan fingerprint density at radius 3 is 2.46 bits per heavy atom. The summed E-state index contributed by atoms with van der Waals surface area (Å²) >= 11 is 8.69. The van der Waals surface area contributed by atoms with Gasteiger partial charge in [-0.25, -0.2) is 0 Å². The standard InChI is InChI=1S/C9H13Br2NS/c1-5(2)8(12)4-6-3-7(10)9(11)13-6/h3,5,8H,4,12H2,1-2H3. The molecule has 0 amide bonds. The molecule has 0 fully saturated rings. The highest BCUT2D eigenvalue weighted by Gasteiger charge is 2.11. The third kappa shape index (κ3) is 3.35. The Bertz CT molecular complexity index is 264. The molecule has 0 aromatic carbocycles. The first-order valence-corrected chi connectivity index (χ1v) is 6.60. The zero-order valence-electron chi connectivity index (χ0n) is 7.68. The normalized spacial score (nSPS) is 13.7. The van der Waals surface area contributed by atoms with E-state index in [1.165, 1.54) is 4.88 Å². The molecule has 0 saturated carbocycles. The molecule has 1 aromatic heterocycles. The van der Waals surface area contributed by atoms with Crippen LogP contribution in [-0.4, -0.2) is 6.04 Å². The lowest BCUT2D eigenvalue weighted by Crippen LogP contribution is -2.28. The maximum atomic E-state index is 5.98. The van der Waals surface area contributed by atoms with Gasteiger partial charge < -0.3 is 5.73 Å². The fourth-order valence-electron chi connectivity index (χ4n) is 0.960. The van der Waals surface area contributed by atoms with Gasteiger partial charge in [0.2, 0.25) is 0 Å². The van der Waals surface area contributed by atoms with E-state index in [2.05, 4.69) is 51.8 Å². The van der Waals surface area contributed by atoms with Gasteiger partial charge in [0.1, 0.15) is 0 Å². The molecule has 1 aromatic rings. The third-order valence-corrected chi connectivity index (χ3v) is 5.27. The lowest BCUT2D eigenvalue weighted by molar-refractivity contribution is 0.493. The van der Waals surface area contributed by atoms with E-state index in [0.717, 1.165) is 14.7 Å². The van der Waals surface area contributed by atoms with Gasteiger partial charge in [-0.1, -0.05) is 13.8 Å². The predicted octanol–water partition coefficient (Wildman–Crippen LogP) is 3.80. The molecular weight excluding hydrogens is 314 g/mol. The van der Waals surface area contributed by atoms with Crippen molar-refractivity contribution in [3.05, 3.63) is 19.2 Å². The Balaban J connectivity index is 2.64. The molecule has 0 aliphatic heterocycles. The number of thiophene rings is 1. The molecule has 0 radical (unpaired) electrons. The van der Waals surface area contributed by atoms with Gasteiger partial charge in [-0.05, 0) is 50.3 Å². The molecule has 0 saturated heterocycles. The highest BCUT2D eigenvalue weighted by molar-refractivity contribution is 9.13. The van der Waals surface area contributed by atoms with Gasteiger partial charge in [0.05, 0.1) is 3.79 Å². The van der Waals surface area contributed by atoms with E-state index in [4.69, 9.17) is 5.73 Å². The molecule has 1 unspecified atom stereocenters. The van der Waals surface area contributed by atoms with Crippen LogP contribution in [0.2, 0.25) is 0 Å². The monoisotopic (exact) mass is 325 g/mol. The summed E-state index contributed by atoms with van der Waals surface area (Å²) in [6, 6.07) is 2.40. The SMILES string of the molecule is CC(C)C(N)Cc1cc(Br)c(Br)s1. The largest absolute Gasteiger partial charge is 0.327 e. The summed E-state index contributed by atoms with van der Waals surface area (Å²) < 4.78 is 2.28. The summed E-state index contributed by atoms with van der Waals surface area (Å²) in [5.41, 5.74) is 5.98. The highest BCUT2D eigenvalue weighted by atomic mass is 79.9. The van der Waals surface area contributed by atoms with Crippen LogP contribution in [0.15, 0.2) is 14.3 Å². The van der Waals surface area contributed by atoms with Gasteiger partial charge in [0.25, 0.3) is 0 Å². The molecule has 1 heterocycles. The summed E-state index contributed by atoms with van der Waals surface area (Å²) in [6.07, 6.45) is 0.965. The molecule has 74 valence electrons. The summed E-state index contributed by atoms with van der Waals surface area (Å²) in [4.78, 5) is 1.33. The van der Waals surface area contributed by atoms with E-state index in [1.54, 1.807) is 11.3 Å². The van der Waals surface area contributed by atoms with Crippen molar-refractivity contribution in [1.82, 2.24) is 0 Å². The van der Waals surface area contributed by atoms with Gasteiger partial charge in [0, 0.05) is 15.4 Å². The van der Waals surface area contributed by atoms with Crippen LogP contribution < -0.4 is 5.73 Å². The fourth-order valence-corrected chi connectivity index (χ4v) is 3.21. The highest BCUT2D eigenvalue weighted by Crippen LogP contribution is 2.33. The van der Waals surface area contributed by atoms with Crippen molar-refractivity contribution in [2.45, 2.75) is 26.3 Å². The first-order valence-electron chi connectivity index (χ1n) is 4.20. The Hall–Kier alpha value is 0.620. The van der Waals surface area contributed by atoms with Crippen molar-refractivity contribution >= 4 is 43.2 Å². The molecule has 1 rings (SSSR count). The molecular formula is C9H13Br2NS. The van der Waals surface area contributed by atoms with Gasteiger partial charge in [0.15, 0.2) is 0 Å². The van der Waals surface area contributed by atoms with Crippen LogP contribution in [0.3, 0.4) is 0 Å². The first-order chi connectivity index (χ1) is 6.00. The first kappa shape index (κ1) is 11.7. The van der Waals surface area contributed by atoms with Crippen LogP contribution in [0, 0.1) is 5.92 Å².